The highest BCUT2D eigenvalue weighted by atomic mass is 35.6. The molecule has 1 heterocycles. The fraction of sp³-hybridized carbons (Fsp3) is 0.0968. The Morgan fingerprint density at radius 3 is 1.42 bits per heavy atom. The summed E-state index contributed by atoms with van der Waals surface area (Å²) in [5, 5.41) is 17.7. The maximum absolute atomic E-state index is 10.4. The van der Waals surface area contributed by atoms with Gasteiger partial charge in [-0.25, -0.2) is 9.42 Å². The first-order valence-corrected chi connectivity index (χ1v) is 16.0. The monoisotopic (exact) mass is 648 g/mol. The second-order valence-electron chi connectivity index (χ2n) is 9.52. The third-order valence-corrected chi connectivity index (χ3v) is 9.48. The van der Waals surface area contributed by atoms with E-state index in [2.05, 4.69) is 16.7 Å². The number of hydrogen-bond donors (Lipinski definition) is 2. The number of nitrogens with one attached hydrogen (secondary N) is 2. The average molecular weight is 650 g/mol. The predicted molar refractivity (Wildman–Crippen MR) is 180 cm³/mol. The Hall–Kier alpha value is -3.80. The quantitative estimate of drug-likeness (QED) is 0.113. The molecule has 1 aliphatic heterocycles. The van der Waals surface area contributed by atoms with Gasteiger partial charge in [0, 0.05) is 0 Å². The van der Waals surface area contributed by atoms with Crippen LogP contribution >= 0.6 is 42.3 Å². The normalized spacial score (nSPS) is 16.6. The molecule has 4 aromatic carbocycles. The molecule has 1 atom stereocenters. The molecule has 0 unspecified atom stereocenters. The zero-order valence-electron chi connectivity index (χ0n) is 23.3. The highest BCUT2D eigenvalue weighted by Gasteiger charge is 2.40. The second-order valence-corrected chi connectivity index (χ2v) is 14.3. The van der Waals surface area contributed by atoms with Crippen LogP contribution in [0.25, 0.3) is 0 Å². The highest BCUT2D eigenvalue weighted by molar-refractivity contribution is 7.61. The van der Waals surface area contributed by atoms with Crippen molar-refractivity contribution in [3.8, 4) is 6.07 Å². The summed E-state index contributed by atoms with van der Waals surface area (Å²) in [6.07, 6.45) is 0. The molecule has 0 amide bonds. The molecule has 5 rings (SSSR count). The zero-order valence-corrected chi connectivity index (χ0v) is 26.5. The minimum absolute atomic E-state index is 0.0158. The molecule has 8 nitrogen and oxygen atoms in total. The smallest absolute Gasteiger partial charge is 0.234 e. The van der Waals surface area contributed by atoms with Gasteiger partial charge in [0.25, 0.3) is 0 Å². The molecule has 2 N–H and O–H groups in total. The van der Waals surface area contributed by atoms with E-state index in [0.717, 1.165) is 22.7 Å². The van der Waals surface area contributed by atoms with Crippen molar-refractivity contribution in [2.75, 3.05) is 24.1 Å². The number of nitriles is 1. The van der Waals surface area contributed by atoms with Crippen LogP contribution in [0, 0.1) is 11.3 Å². The van der Waals surface area contributed by atoms with E-state index >= 15 is 0 Å². The van der Waals surface area contributed by atoms with Crippen molar-refractivity contribution in [1.82, 2.24) is 15.3 Å². The van der Waals surface area contributed by atoms with Crippen molar-refractivity contribution in [3.63, 3.8) is 0 Å². The number of rotatable bonds is 8. The largest absolute Gasteiger partial charge is 0.276 e. The molecule has 0 aliphatic carbocycles. The fourth-order valence-corrected chi connectivity index (χ4v) is 7.01. The molecule has 4 aromatic rings. The summed E-state index contributed by atoms with van der Waals surface area (Å²) in [7, 11) is 0.516. The zero-order chi connectivity index (χ0) is 30.5. The molecule has 0 saturated heterocycles. The molecule has 1 aliphatic rings. The lowest BCUT2D eigenvalue weighted by molar-refractivity contribution is 0.645. The van der Waals surface area contributed by atoms with E-state index in [9.17, 15) is 5.26 Å². The first-order chi connectivity index (χ1) is 20.7. The third-order valence-electron chi connectivity index (χ3n) is 6.40. The number of allylic oxidation sites excluding steroid dienone is 1. The van der Waals surface area contributed by atoms with Crippen LogP contribution in [0.3, 0.4) is 0 Å². The Morgan fingerprint density at radius 2 is 1.07 bits per heavy atom. The average Bonchev–Trinajstić information content (AvgIpc) is 3.03. The van der Waals surface area contributed by atoms with Gasteiger partial charge in [0.15, 0.2) is 5.84 Å². The number of nitrogens with zero attached hydrogens (tertiary/aromatic N) is 6. The topological polar surface area (TPSA) is 82.3 Å². The molecular formula is C31H28Cl3N8P. The summed E-state index contributed by atoms with van der Waals surface area (Å²) in [6, 6.07) is 41.1. The van der Waals surface area contributed by atoms with Crippen molar-refractivity contribution in [2.45, 2.75) is 3.79 Å². The van der Waals surface area contributed by atoms with E-state index in [1.165, 1.54) is 0 Å². The van der Waals surface area contributed by atoms with Crippen LogP contribution in [0.15, 0.2) is 142 Å². The number of anilines is 4. The second kappa shape index (κ2) is 13.2. The molecule has 0 fully saturated rings. The molecule has 43 heavy (non-hydrogen) atoms. The Bertz CT molecular complexity index is 1620. The Kier molecular flexibility index (Phi) is 9.43. The number of hydrogen-bond acceptors (Lipinski definition) is 8. The van der Waals surface area contributed by atoms with E-state index in [0.29, 0.717) is 0 Å². The van der Waals surface area contributed by atoms with Crippen molar-refractivity contribution in [3.05, 3.63) is 133 Å². The van der Waals surface area contributed by atoms with Gasteiger partial charge in [-0.2, -0.15) is 15.2 Å². The van der Waals surface area contributed by atoms with Crippen LogP contribution in [0.5, 0.6) is 0 Å². The molecule has 0 aromatic heterocycles. The van der Waals surface area contributed by atoms with Crippen molar-refractivity contribution in [1.29, 1.82) is 5.26 Å². The van der Waals surface area contributed by atoms with Crippen LogP contribution in [0.2, 0.25) is 0 Å². The van der Waals surface area contributed by atoms with Crippen molar-refractivity contribution < 1.29 is 0 Å². The maximum Gasteiger partial charge on any atom is 0.234 e. The third kappa shape index (κ3) is 6.90. The minimum atomic E-state index is -3.18. The number of alkyl halides is 3. The molecular weight excluding hydrogens is 622 g/mol. The summed E-state index contributed by atoms with van der Waals surface area (Å²) in [5.41, 5.74) is 6.66. The molecule has 0 spiro atoms. The SMILES string of the molecule is CN(C)[P@]1(NN(c2ccccc2)c2ccccc2)=NC(C(Cl)(Cl)Cl)=C(C#N)C(NN(c2ccccc2)c2ccccc2)=N1. The fourth-order valence-electron chi connectivity index (χ4n) is 4.30. The number of hydrazine groups is 2. The lowest BCUT2D eigenvalue weighted by Gasteiger charge is -2.38. The number of halogens is 3. The first kappa shape index (κ1) is 30.7. The van der Waals surface area contributed by atoms with Crippen molar-refractivity contribution in [2.24, 2.45) is 9.51 Å². The lowest BCUT2D eigenvalue weighted by Crippen LogP contribution is -2.43. The van der Waals surface area contributed by atoms with Gasteiger partial charge in [-0.1, -0.05) is 108 Å². The molecule has 12 heteroatoms. The predicted octanol–water partition coefficient (Wildman–Crippen LogP) is 8.74. The van der Waals surface area contributed by atoms with Gasteiger partial charge in [-0.3, -0.25) is 15.4 Å². The van der Waals surface area contributed by atoms with Gasteiger partial charge in [-0.05, 0) is 62.6 Å². The summed E-state index contributed by atoms with van der Waals surface area (Å²) in [6.45, 7) is 0. The van der Waals surface area contributed by atoms with E-state index in [-0.39, 0.29) is 17.1 Å². The van der Waals surface area contributed by atoms with E-state index < -0.39 is 11.3 Å². The van der Waals surface area contributed by atoms with Gasteiger partial charge >= 0.3 is 0 Å². The summed E-state index contributed by atoms with van der Waals surface area (Å²) in [5.74, 6) is 0.196. The van der Waals surface area contributed by atoms with E-state index in [1.807, 2.05) is 150 Å². The first-order valence-electron chi connectivity index (χ1n) is 13.2. The van der Waals surface area contributed by atoms with Gasteiger partial charge in [-0.15, -0.1) is 0 Å². The number of benzene rings is 4. The standard InChI is InChI=1S/C31H28Cl3N8P/c1-40(2)43(39-42(26-19-11-5-12-20-26)27-21-13-6-14-22-27)37-29(31(32,33)34)28(23-35)30(38-43)36-41(24-15-7-3-8-16-24)25-17-9-4-10-18-25/h3-22,39H,1-2H3,(H,36,38)/t43-/m1/s1. The van der Waals surface area contributed by atoms with E-state index in [1.54, 1.807) is 0 Å². The van der Waals surface area contributed by atoms with E-state index in [4.69, 9.17) is 44.3 Å². The summed E-state index contributed by atoms with van der Waals surface area (Å²) in [4.78, 5) is 0. The van der Waals surface area contributed by atoms with Gasteiger partial charge < -0.3 is 0 Å². The molecule has 0 saturated carbocycles. The van der Waals surface area contributed by atoms with Crippen LogP contribution in [-0.2, 0) is 0 Å². The molecule has 0 bridgehead atoms. The molecule has 0 radical (unpaired) electrons. The van der Waals surface area contributed by atoms with Crippen LogP contribution < -0.4 is 20.6 Å². The van der Waals surface area contributed by atoms with Crippen LogP contribution in [-0.4, -0.2) is 28.4 Å². The number of para-hydroxylation sites is 4. The Morgan fingerprint density at radius 1 is 0.674 bits per heavy atom. The summed E-state index contributed by atoms with van der Waals surface area (Å²) >= 11 is 19.5. The lowest BCUT2D eigenvalue weighted by atomic mass is 10.2. The van der Waals surface area contributed by atoms with Gasteiger partial charge in [0.2, 0.25) is 11.3 Å². The minimum Gasteiger partial charge on any atom is -0.276 e. The van der Waals surface area contributed by atoms with Gasteiger partial charge in [0.05, 0.1) is 22.7 Å². The van der Waals surface area contributed by atoms with Crippen molar-refractivity contribution >= 4 is 70.9 Å². The Labute approximate surface area is 266 Å². The maximum atomic E-state index is 10.4. The summed E-state index contributed by atoms with van der Waals surface area (Å²) < 4.78 is 9.90. The number of amidine groups is 1. The molecule has 218 valence electrons. The Balaban J connectivity index is 1.71. The van der Waals surface area contributed by atoms with Crippen LogP contribution in [0.4, 0.5) is 22.7 Å². The highest BCUT2D eigenvalue weighted by Crippen LogP contribution is 2.57. The van der Waals surface area contributed by atoms with Gasteiger partial charge in [0.1, 0.15) is 17.3 Å². The van der Waals surface area contributed by atoms with Crippen LogP contribution in [0.1, 0.15) is 0 Å².